The number of aromatic amines is 1. The molecule has 0 radical (unpaired) electrons. The molecule has 1 aromatic carbocycles. The summed E-state index contributed by atoms with van der Waals surface area (Å²) in [6.45, 7) is 4.31. The van der Waals surface area contributed by atoms with Gasteiger partial charge in [-0.25, -0.2) is 4.98 Å². The molecule has 0 aliphatic heterocycles. The Labute approximate surface area is 129 Å². The van der Waals surface area contributed by atoms with E-state index in [1.54, 1.807) is 6.20 Å². The zero-order chi connectivity index (χ0) is 15.5. The number of nitrogens with two attached hydrogens (primary N) is 1. The molecular formula is C16H20N6. The van der Waals surface area contributed by atoms with Crippen molar-refractivity contribution in [2.75, 3.05) is 11.1 Å². The Bertz CT molecular complexity index is 762. The maximum atomic E-state index is 5.87. The van der Waals surface area contributed by atoms with Gasteiger partial charge < -0.3 is 11.1 Å². The molecule has 4 N–H and O–H groups in total. The third-order valence-electron chi connectivity index (χ3n) is 3.85. The van der Waals surface area contributed by atoms with Crippen LogP contribution in [-0.4, -0.2) is 26.2 Å². The number of hydrogen-bond donors (Lipinski definition) is 3. The Morgan fingerprint density at radius 1 is 1.18 bits per heavy atom. The van der Waals surface area contributed by atoms with Crippen LogP contribution < -0.4 is 11.1 Å². The Morgan fingerprint density at radius 2 is 2.00 bits per heavy atom. The molecule has 3 rings (SSSR count). The van der Waals surface area contributed by atoms with Gasteiger partial charge in [0.1, 0.15) is 5.82 Å². The molecule has 0 unspecified atom stereocenters. The molecule has 2 heterocycles. The Hall–Kier alpha value is -2.63. The van der Waals surface area contributed by atoms with Crippen molar-refractivity contribution in [3.8, 4) is 11.3 Å². The topological polar surface area (TPSA) is 92.5 Å². The number of nitrogens with one attached hydrogen (secondary N) is 2. The molecule has 22 heavy (non-hydrogen) atoms. The van der Waals surface area contributed by atoms with Crippen molar-refractivity contribution >= 4 is 22.7 Å². The van der Waals surface area contributed by atoms with Crippen molar-refractivity contribution < 1.29 is 0 Å². The first kappa shape index (κ1) is 14.3. The number of benzene rings is 1. The average molecular weight is 296 g/mol. The Morgan fingerprint density at radius 3 is 2.68 bits per heavy atom. The minimum absolute atomic E-state index is 0.280. The maximum absolute atomic E-state index is 5.87. The third-order valence-corrected chi connectivity index (χ3v) is 3.85. The van der Waals surface area contributed by atoms with Crippen LogP contribution in [0.4, 0.5) is 11.8 Å². The second kappa shape index (κ2) is 6.01. The highest BCUT2D eigenvalue weighted by molar-refractivity contribution is 5.92. The molecule has 2 aromatic heterocycles. The lowest BCUT2D eigenvalue weighted by Gasteiger charge is -2.17. The molecule has 6 nitrogen and oxygen atoms in total. The molecule has 0 saturated carbocycles. The highest BCUT2D eigenvalue weighted by Gasteiger charge is 2.11. The summed E-state index contributed by atoms with van der Waals surface area (Å²) in [4.78, 5) is 8.72. The van der Waals surface area contributed by atoms with Crippen molar-refractivity contribution in [3.05, 3.63) is 30.5 Å². The van der Waals surface area contributed by atoms with E-state index in [9.17, 15) is 0 Å². The molecule has 0 fully saturated rings. The van der Waals surface area contributed by atoms with Gasteiger partial charge in [-0.1, -0.05) is 19.9 Å². The largest absolute Gasteiger partial charge is 0.368 e. The number of rotatable bonds is 5. The normalized spacial score (nSPS) is 11.2. The van der Waals surface area contributed by atoms with E-state index in [-0.39, 0.29) is 5.95 Å². The molecule has 0 aliphatic rings. The van der Waals surface area contributed by atoms with E-state index < -0.39 is 0 Å². The lowest BCUT2D eigenvalue weighted by molar-refractivity contribution is 0.669. The van der Waals surface area contributed by atoms with Gasteiger partial charge in [0.05, 0.1) is 11.2 Å². The van der Waals surface area contributed by atoms with E-state index in [0.717, 1.165) is 40.8 Å². The first-order valence-electron chi connectivity index (χ1n) is 7.54. The van der Waals surface area contributed by atoms with Gasteiger partial charge in [0.15, 0.2) is 0 Å². The standard InChI is InChI=1S/C16H20N6/c1-3-11(4-2)19-15-12-6-5-10(13-7-8-18-22-13)9-14(12)20-16(17)21-15/h5-9,11H,3-4H2,1-2H3,(H,18,22)(H3,17,19,20,21). The number of nitrogen functional groups attached to an aromatic ring is 1. The fraction of sp³-hybridized carbons (Fsp3) is 0.312. The summed E-state index contributed by atoms with van der Waals surface area (Å²) in [6, 6.07) is 8.36. The van der Waals surface area contributed by atoms with Gasteiger partial charge in [0.25, 0.3) is 0 Å². The van der Waals surface area contributed by atoms with Gasteiger partial charge in [0, 0.05) is 23.2 Å². The smallest absolute Gasteiger partial charge is 0.222 e. The van der Waals surface area contributed by atoms with Crippen molar-refractivity contribution in [1.82, 2.24) is 20.2 Å². The van der Waals surface area contributed by atoms with Gasteiger partial charge in [-0.3, -0.25) is 5.10 Å². The van der Waals surface area contributed by atoms with Crippen LogP contribution in [-0.2, 0) is 0 Å². The SMILES string of the molecule is CCC(CC)Nc1nc(N)nc2cc(-c3ccn[nH]3)ccc12. The molecule has 0 bridgehead atoms. The molecule has 0 amide bonds. The van der Waals surface area contributed by atoms with E-state index in [2.05, 4.69) is 39.3 Å². The van der Waals surface area contributed by atoms with Crippen molar-refractivity contribution in [3.63, 3.8) is 0 Å². The van der Waals surface area contributed by atoms with E-state index in [1.807, 2.05) is 24.3 Å². The number of hydrogen-bond acceptors (Lipinski definition) is 5. The second-order valence-corrected chi connectivity index (χ2v) is 5.29. The molecule has 3 aromatic rings. The fourth-order valence-electron chi connectivity index (χ4n) is 2.53. The number of fused-ring (bicyclic) bond motifs is 1. The average Bonchev–Trinajstić information content (AvgIpc) is 3.06. The number of H-pyrrole nitrogens is 1. The van der Waals surface area contributed by atoms with Crippen LogP contribution in [0.2, 0.25) is 0 Å². The predicted octanol–water partition coefficient (Wildman–Crippen LogP) is 3.20. The lowest BCUT2D eigenvalue weighted by Crippen LogP contribution is -2.18. The molecule has 0 saturated heterocycles. The van der Waals surface area contributed by atoms with Crippen LogP contribution in [0.3, 0.4) is 0 Å². The van der Waals surface area contributed by atoms with Crippen LogP contribution in [0.5, 0.6) is 0 Å². The van der Waals surface area contributed by atoms with Crippen LogP contribution in [0.1, 0.15) is 26.7 Å². The van der Waals surface area contributed by atoms with Gasteiger partial charge in [-0.2, -0.15) is 10.1 Å². The highest BCUT2D eigenvalue weighted by atomic mass is 15.1. The van der Waals surface area contributed by atoms with Crippen LogP contribution in [0.15, 0.2) is 30.5 Å². The monoisotopic (exact) mass is 296 g/mol. The summed E-state index contributed by atoms with van der Waals surface area (Å²) in [5.41, 5.74) is 8.67. The highest BCUT2D eigenvalue weighted by Crippen LogP contribution is 2.27. The Balaban J connectivity index is 2.06. The summed E-state index contributed by atoms with van der Waals surface area (Å²) in [7, 11) is 0. The van der Waals surface area contributed by atoms with E-state index >= 15 is 0 Å². The number of anilines is 2. The van der Waals surface area contributed by atoms with E-state index in [0.29, 0.717) is 6.04 Å². The zero-order valence-electron chi connectivity index (χ0n) is 12.8. The van der Waals surface area contributed by atoms with Crippen molar-refractivity contribution in [2.45, 2.75) is 32.7 Å². The van der Waals surface area contributed by atoms with E-state index in [1.165, 1.54) is 0 Å². The summed E-state index contributed by atoms with van der Waals surface area (Å²) in [6.07, 6.45) is 3.80. The third kappa shape index (κ3) is 2.72. The first-order chi connectivity index (χ1) is 10.7. The molecular weight excluding hydrogens is 276 g/mol. The van der Waals surface area contributed by atoms with Gasteiger partial charge in [0.2, 0.25) is 5.95 Å². The summed E-state index contributed by atoms with van der Waals surface area (Å²) in [5, 5.41) is 11.4. The van der Waals surface area contributed by atoms with Gasteiger partial charge in [-0.05, 0) is 31.0 Å². The zero-order valence-corrected chi connectivity index (χ0v) is 12.8. The number of nitrogens with zero attached hydrogens (tertiary/aromatic N) is 3. The lowest BCUT2D eigenvalue weighted by atomic mass is 10.1. The summed E-state index contributed by atoms with van der Waals surface area (Å²) in [5.74, 6) is 1.08. The maximum Gasteiger partial charge on any atom is 0.222 e. The minimum Gasteiger partial charge on any atom is -0.368 e. The fourth-order valence-corrected chi connectivity index (χ4v) is 2.53. The van der Waals surface area contributed by atoms with Crippen molar-refractivity contribution in [1.29, 1.82) is 0 Å². The molecule has 114 valence electrons. The number of aromatic nitrogens is 4. The van der Waals surface area contributed by atoms with E-state index in [4.69, 9.17) is 5.73 Å². The van der Waals surface area contributed by atoms with Crippen molar-refractivity contribution in [2.24, 2.45) is 0 Å². The molecule has 6 heteroatoms. The Kier molecular flexibility index (Phi) is 3.91. The summed E-state index contributed by atoms with van der Waals surface area (Å²) >= 11 is 0. The summed E-state index contributed by atoms with van der Waals surface area (Å²) < 4.78 is 0. The van der Waals surface area contributed by atoms with Crippen LogP contribution in [0.25, 0.3) is 22.2 Å². The predicted molar refractivity (Wildman–Crippen MR) is 89.5 cm³/mol. The quantitative estimate of drug-likeness (QED) is 0.672. The van der Waals surface area contributed by atoms with Gasteiger partial charge >= 0.3 is 0 Å². The molecule has 0 spiro atoms. The second-order valence-electron chi connectivity index (χ2n) is 5.29. The minimum atomic E-state index is 0.280. The first-order valence-corrected chi connectivity index (χ1v) is 7.54. The molecule has 0 aliphatic carbocycles. The van der Waals surface area contributed by atoms with Crippen LogP contribution in [0, 0.1) is 0 Å². The molecule has 0 atom stereocenters. The van der Waals surface area contributed by atoms with Crippen LogP contribution >= 0.6 is 0 Å². The van der Waals surface area contributed by atoms with Gasteiger partial charge in [-0.15, -0.1) is 0 Å².